The fraction of sp³-hybridized carbons (Fsp3) is 0.304. The number of aryl methyl sites for hydroxylation is 1. The topological polar surface area (TPSA) is 103 Å². The average Bonchev–Trinajstić information content (AvgIpc) is 2.74. The zero-order chi connectivity index (χ0) is 23.0. The van der Waals surface area contributed by atoms with Crippen molar-refractivity contribution in [3.8, 4) is 23.0 Å². The highest BCUT2D eigenvalue weighted by Crippen LogP contribution is 2.42. The molecule has 3 aromatic rings. The van der Waals surface area contributed by atoms with Gasteiger partial charge in [0.2, 0.25) is 0 Å². The summed E-state index contributed by atoms with van der Waals surface area (Å²) in [5.74, 6) is -0.413. The molecule has 0 radical (unpaired) electrons. The zero-order valence-electron chi connectivity index (χ0n) is 18.4. The van der Waals surface area contributed by atoms with Gasteiger partial charge in [-0.15, -0.1) is 0 Å². The number of aromatic nitrogens is 2. The van der Waals surface area contributed by atoms with Crippen LogP contribution in [-0.2, 0) is 14.1 Å². The van der Waals surface area contributed by atoms with Gasteiger partial charge in [-0.1, -0.05) is 6.07 Å². The van der Waals surface area contributed by atoms with Crippen molar-refractivity contribution < 1.29 is 19.7 Å². The number of aromatic hydroxyl groups is 2. The van der Waals surface area contributed by atoms with Crippen LogP contribution in [0.4, 0.5) is 0 Å². The van der Waals surface area contributed by atoms with E-state index in [0.717, 1.165) is 6.07 Å². The lowest BCUT2D eigenvalue weighted by Crippen LogP contribution is -2.28. The molecule has 0 saturated carbocycles. The van der Waals surface area contributed by atoms with Gasteiger partial charge in [0.15, 0.2) is 11.5 Å². The van der Waals surface area contributed by atoms with E-state index in [1.54, 1.807) is 46.1 Å². The highest BCUT2D eigenvalue weighted by Gasteiger charge is 2.30. The molecule has 0 aliphatic heterocycles. The van der Waals surface area contributed by atoms with Gasteiger partial charge >= 0.3 is 0 Å². The highest BCUT2D eigenvalue weighted by molar-refractivity contribution is 5.56. The predicted octanol–water partition coefficient (Wildman–Crippen LogP) is 2.31. The fourth-order valence-electron chi connectivity index (χ4n) is 3.78. The number of ether oxygens (including phenoxy) is 2. The van der Waals surface area contributed by atoms with Crippen LogP contribution in [0.1, 0.15) is 34.0 Å². The second-order valence-electron chi connectivity index (χ2n) is 7.42. The van der Waals surface area contributed by atoms with Crippen molar-refractivity contribution in [1.29, 1.82) is 0 Å². The fourth-order valence-corrected chi connectivity index (χ4v) is 3.78. The van der Waals surface area contributed by atoms with Crippen LogP contribution in [0.5, 0.6) is 23.0 Å². The molecule has 2 heterocycles. The van der Waals surface area contributed by atoms with Crippen LogP contribution in [0.25, 0.3) is 0 Å². The number of nitrogens with zero attached hydrogens (tertiary/aromatic N) is 2. The van der Waals surface area contributed by atoms with Crippen LogP contribution in [0.3, 0.4) is 0 Å². The van der Waals surface area contributed by atoms with Crippen molar-refractivity contribution in [3.63, 3.8) is 0 Å². The van der Waals surface area contributed by atoms with E-state index in [4.69, 9.17) is 9.47 Å². The molecule has 8 heteroatoms. The molecule has 0 spiro atoms. The maximum atomic E-state index is 13.2. The molecule has 0 saturated heterocycles. The molecule has 1 aromatic carbocycles. The molecular weight excluding hydrogens is 400 g/mol. The van der Waals surface area contributed by atoms with Crippen molar-refractivity contribution in [2.75, 3.05) is 14.2 Å². The van der Waals surface area contributed by atoms with Gasteiger partial charge in [-0.2, -0.15) is 0 Å². The summed E-state index contributed by atoms with van der Waals surface area (Å²) in [4.78, 5) is 25.4. The van der Waals surface area contributed by atoms with Crippen LogP contribution in [0.2, 0.25) is 0 Å². The summed E-state index contributed by atoms with van der Waals surface area (Å²) in [5, 5.41) is 21.6. The van der Waals surface area contributed by atoms with Crippen LogP contribution in [-0.4, -0.2) is 33.6 Å². The number of hydrogen-bond acceptors (Lipinski definition) is 6. The van der Waals surface area contributed by atoms with Crippen molar-refractivity contribution in [3.05, 3.63) is 79.1 Å². The van der Waals surface area contributed by atoms with Gasteiger partial charge in [0.1, 0.15) is 11.5 Å². The van der Waals surface area contributed by atoms with Gasteiger partial charge in [0.25, 0.3) is 11.1 Å². The van der Waals surface area contributed by atoms with Gasteiger partial charge in [-0.05, 0) is 37.6 Å². The molecule has 0 aliphatic carbocycles. The van der Waals surface area contributed by atoms with Crippen LogP contribution < -0.4 is 20.6 Å². The maximum absolute atomic E-state index is 13.2. The second-order valence-corrected chi connectivity index (χ2v) is 7.42. The summed E-state index contributed by atoms with van der Waals surface area (Å²) < 4.78 is 13.5. The third-order valence-corrected chi connectivity index (χ3v) is 5.76. The molecule has 164 valence electrons. The first-order chi connectivity index (χ1) is 14.6. The van der Waals surface area contributed by atoms with E-state index in [9.17, 15) is 19.8 Å². The van der Waals surface area contributed by atoms with Crippen molar-refractivity contribution >= 4 is 0 Å². The Bertz CT molecular complexity index is 1270. The van der Waals surface area contributed by atoms with Crippen molar-refractivity contribution in [2.45, 2.75) is 19.8 Å². The van der Waals surface area contributed by atoms with E-state index in [2.05, 4.69) is 0 Å². The van der Waals surface area contributed by atoms with Crippen LogP contribution in [0, 0.1) is 13.8 Å². The lowest BCUT2D eigenvalue weighted by atomic mass is 9.83. The molecule has 8 nitrogen and oxygen atoms in total. The van der Waals surface area contributed by atoms with Gasteiger partial charge < -0.3 is 28.8 Å². The first kappa shape index (κ1) is 22.0. The maximum Gasteiger partial charge on any atom is 0.258 e. The molecule has 1 atom stereocenters. The third-order valence-electron chi connectivity index (χ3n) is 5.76. The van der Waals surface area contributed by atoms with Gasteiger partial charge in [0, 0.05) is 43.0 Å². The first-order valence-electron chi connectivity index (χ1n) is 9.63. The molecule has 1 unspecified atom stereocenters. The summed E-state index contributed by atoms with van der Waals surface area (Å²) in [6.45, 7) is 3.39. The van der Waals surface area contributed by atoms with Crippen LogP contribution >= 0.6 is 0 Å². The summed E-state index contributed by atoms with van der Waals surface area (Å²) in [7, 11) is 6.20. The van der Waals surface area contributed by atoms with E-state index in [-0.39, 0.29) is 22.6 Å². The summed E-state index contributed by atoms with van der Waals surface area (Å²) in [6.07, 6.45) is 0. The smallest absolute Gasteiger partial charge is 0.258 e. The molecule has 2 N–H and O–H groups in total. The monoisotopic (exact) mass is 426 g/mol. The Kier molecular flexibility index (Phi) is 5.83. The summed E-state index contributed by atoms with van der Waals surface area (Å²) >= 11 is 0. The molecular formula is C23H26N2O6. The standard InChI is InChI=1S/C23H26N2O6/c1-12-9-15(26)22(23(29)24(12)3)21(14-7-8-17(30-5)18(10-14)31-6)20-13(2)25(4)19(28)11-16(20)27/h7-11,21,26-27H,1-6H3. The lowest BCUT2D eigenvalue weighted by Gasteiger charge is -2.24. The Labute approximate surface area is 179 Å². The molecule has 0 aliphatic rings. The van der Waals surface area contributed by atoms with E-state index in [1.807, 2.05) is 0 Å². The quantitative estimate of drug-likeness (QED) is 0.649. The first-order valence-corrected chi connectivity index (χ1v) is 9.63. The normalized spacial score (nSPS) is 11.9. The van der Waals surface area contributed by atoms with E-state index in [0.29, 0.717) is 34.0 Å². The molecule has 0 bridgehead atoms. The minimum atomic E-state index is -0.870. The molecule has 31 heavy (non-hydrogen) atoms. The Morgan fingerprint density at radius 2 is 1.45 bits per heavy atom. The number of benzene rings is 1. The van der Waals surface area contributed by atoms with E-state index < -0.39 is 11.5 Å². The minimum Gasteiger partial charge on any atom is -0.507 e. The highest BCUT2D eigenvalue weighted by atomic mass is 16.5. The lowest BCUT2D eigenvalue weighted by molar-refractivity contribution is 0.354. The number of methoxy groups -OCH3 is 2. The average molecular weight is 426 g/mol. The molecule has 0 fully saturated rings. The Morgan fingerprint density at radius 1 is 0.839 bits per heavy atom. The third kappa shape index (κ3) is 3.65. The predicted molar refractivity (Wildman–Crippen MR) is 117 cm³/mol. The number of pyridine rings is 2. The second kappa shape index (κ2) is 8.22. The van der Waals surface area contributed by atoms with E-state index in [1.165, 1.54) is 29.4 Å². The Balaban J connectivity index is 2.47. The largest absolute Gasteiger partial charge is 0.507 e. The zero-order valence-corrected chi connectivity index (χ0v) is 18.4. The summed E-state index contributed by atoms with van der Waals surface area (Å²) in [6, 6.07) is 7.71. The van der Waals surface area contributed by atoms with Gasteiger partial charge in [-0.3, -0.25) is 9.59 Å². The Hall–Kier alpha value is -3.68. The van der Waals surface area contributed by atoms with E-state index >= 15 is 0 Å². The molecule has 0 amide bonds. The number of rotatable bonds is 5. The van der Waals surface area contributed by atoms with Crippen LogP contribution in [0.15, 0.2) is 39.9 Å². The van der Waals surface area contributed by atoms with Crippen molar-refractivity contribution in [1.82, 2.24) is 9.13 Å². The van der Waals surface area contributed by atoms with Gasteiger partial charge in [0.05, 0.1) is 19.8 Å². The molecule has 2 aromatic heterocycles. The number of hydrogen-bond donors (Lipinski definition) is 2. The van der Waals surface area contributed by atoms with Gasteiger partial charge in [-0.25, -0.2) is 0 Å². The minimum absolute atomic E-state index is 0.0809. The SMILES string of the molecule is COc1ccc(C(c2c(O)cc(=O)n(C)c2C)c2c(O)cc(C)n(C)c2=O)cc1OC. The Morgan fingerprint density at radius 3 is 2.06 bits per heavy atom. The summed E-state index contributed by atoms with van der Waals surface area (Å²) in [5.41, 5.74) is 1.25. The van der Waals surface area contributed by atoms with Crippen molar-refractivity contribution in [2.24, 2.45) is 14.1 Å². The molecule has 3 rings (SSSR count).